The fourth-order valence-corrected chi connectivity index (χ4v) is 2.97. The van der Waals surface area contributed by atoms with Gasteiger partial charge >= 0.3 is 0 Å². The van der Waals surface area contributed by atoms with Crippen LogP contribution in [0.2, 0.25) is 0 Å². The van der Waals surface area contributed by atoms with Crippen molar-refractivity contribution in [2.45, 2.75) is 38.8 Å². The molecule has 0 bridgehead atoms. The molecule has 2 N–H and O–H groups in total. The second kappa shape index (κ2) is 5.33. The molecule has 0 radical (unpaired) electrons. The summed E-state index contributed by atoms with van der Waals surface area (Å²) in [5, 5.41) is 14.2. The highest BCUT2D eigenvalue weighted by molar-refractivity contribution is 7.15. The molecule has 4 nitrogen and oxygen atoms in total. The normalized spacial score (nSPS) is 25.4. The highest BCUT2D eigenvalue weighted by Crippen LogP contribution is 2.25. The molecule has 1 aliphatic rings. The minimum Gasteiger partial charge on any atom is -0.389 e. The minimum absolute atomic E-state index is 0.506. The third kappa shape index (κ3) is 3.66. The Bertz CT molecular complexity index is 364. The van der Waals surface area contributed by atoms with Crippen molar-refractivity contribution in [3.63, 3.8) is 0 Å². The van der Waals surface area contributed by atoms with Crippen molar-refractivity contribution in [3.8, 4) is 0 Å². The molecular formula is C12H21N3OS. The molecule has 5 heteroatoms. The van der Waals surface area contributed by atoms with Crippen LogP contribution in [-0.4, -0.2) is 40.2 Å². The number of hydrogen-bond acceptors (Lipinski definition) is 5. The van der Waals surface area contributed by atoms with E-state index < -0.39 is 5.60 Å². The summed E-state index contributed by atoms with van der Waals surface area (Å²) in [4.78, 5) is 7.90. The second-order valence-electron chi connectivity index (χ2n) is 5.02. The number of nitrogens with one attached hydrogen (secondary N) is 1. The monoisotopic (exact) mass is 255 g/mol. The summed E-state index contributed by atoms with van der Waals surface area (Å²) in [7, 11) is 0. The maximum Gasteiger partial charge on any atom is 0.182 e. The average molecular weight is 255 g/mol. The van der Waals surface area contributed by atoms with E-state index in [1.165, 1.54) is 4.88 Å². The lowest BCUT2D eigenvalue weighted by molar-refractivity contribution is 0.0680. The lowest BCUT2D eigenvalue weighted by Gasteiger charge is -2.17. The number of likely N-dealkylation sites (tertiary alicyclic amines) is 1. The van der Waals surface area contributed by atoms with Crippen molar-refractivity contribution in [2.24, 2.45) is 0 Å². The highest BCUT2D eigenvalue weighted by atomic mass is 32.1. The van der Waals surface area contributed by atoms with Gasteiger partial charge in [-0.25, -0.2) is 4.98 Å². The van der Waals surface area contributed by atoms with Crippen molar-refractivity contribution in [1.29, 1.82) is 0 Å². The number of hydrogen-bond donors (Lipinski definition) is 2. The van der Waals surface area contributed by atoms with E-state index >= 15 is 0 Å². The summed E-state index contributed by atoms with van der Waals surface area (Å²) < 4.78 is 0. The van der Waals surface area contributed by atoms with Gasteiger partial charge in [0, 0.05) is 37.3 Å². The third-order valence-corrected chi connectivity index (χ3v) is 3.93. The number of aromatic nitrogens is 1. The molecule has 0 spiro atoms. The van der Waals surface area contributed by atoms with E-state index in [0.717, 1.165) is 44.2 Å². The van der Waals surface area contributed by atoms with E-state index in [-0.39, 0.29) is 0 Å². The van der Waals surface area contributed by atoms with Crippen LogP contribution in [0.5, 0.6) is 0 Å². The van der Waals surface area contributed by atoms with Crippen LogP contribution in [0.15, 0.2) is 6.20 Å². The molecule has 96 valence electrons. The zero-order valence-electron chi connectivity index (χ0n) is 10.6. The zero-order chi connectivity index (χ0) is 12.3. The maximum absolute atomic E-state index is 9.90. The van der Waals surface area contributed by atoms with Gasteiger partial charge in [0.25, 0.3) is 0 Å². The Balaban J connectivity index is 1.85. The number of nitrogens with zero attached hydrogens (tertiary/aromatic N) is 2. The Hall–Kier alpha value is -0.650. The molecule has 1 saturated heterocycles. The smallest absolute Gasteiger partial charge is 0.182 e. The van der Waals surface area contributed by atoms with E-state index in [9.17, 15) is 5.11 Å². The molecule has 1 atom stereocenters. The summed E-state index contributed by atoms with van der Waals surface area (Å²) in [5.74, 6) is 0. The second-order valence-corrected chi connectivity index (χ2v) is 6.13. The van der Waals surface area contributed by atoms with E-state index in [4.69, 9.17) is 0 Å². The Labute approximate surface area is 107 Å². The van der Waals surface area contributed by atoms with E-state index in [1.54, 1.807) is 11.3 Å². The maximum atomic E-state index is 9.90. The summed E-state index contributed by atoms with van der Waals surface area (Å²) in [5.41, 5.74) is -0.506. The number of aliphatic hydroxyl groups is 1. The van der Waals surface area contributed by atoms with Gasteiger partial charge in [-0.05, 0) is 19.8 Å². The van der Waals surface area contributed by atoms with Crippen molar-refractivity contribution < 1.29 is 5.11 Å². The number of thiazole rings is 1. The summed E-state index contributed by atoms with van der Waals surface area (Å²) in [6.07, 6.45) is 3.92. The molecular weight excluding hydrogens is 234 g/mol. The molecule has 1 aliphatic heterocycles. The fourth-order valence-electron chi connectivity index (χ4n) is 2.09. The zero-order valence-corrected chi connectivity index (χ0v) is 11.4. The van der Waals surface area contributed by atoms with E-state index in [1.807, 2.05) is 13.1 Å². The molecule has 2 heterocycles. The first kappa shape index (κ1) is 12.8. The van der Waals surface area contributed by atoms with Gasteiger partial charge in [0.15, 0.2) is 5.13 Å². The van der Waals surface area contributed by atoms with Crippen LogP contribution < -0.4 is 5.32 Å². The predicted octanol–water partition coefficient (Wildman–Crippen LogP) is 1.92. The van der Waals surface area contributed by atoms with Crippen molar-refractivity contribution in [2.75, 3.05) is 25.0 Å². The lowest BCUT2D eigenvalue weighted by atomic mass is 10.1. The van der Waals surface area contributed by atoms with Crippen LogP contribution in [0, 0.1) is 0 Å². The topological polar surface area (TPSA) is 48.4 Å². The van der Waals surface area contributed by atoms with Gasteiger partial charge in [-0.1, -0.05) is 6.92 Å². The van der Waals surface area contributed by atoms with Crippen LogP contribution in [0.3, 0.4) is 0 Å². The number of rotatable bonds is 5. The molecule has 1 fully saturated rings. The van der Waals surface area contributed by atoms with Gasteiger partial charge < -0.3 is 10.4 Å². The minimum atomic E-state index is -0.506. The summed E-state index contributed by atoms with van der Waals surface area (Å²) >= 11 is 1.71. The van der Waals surface area contributed by atoms with E-state index in [0.29, 0.717) is 0 Å². The van der Waals surface area contributed by atoms with Crippen molar-refractivity contribution in [3.05, 3.63) is 11.1 Å². The molecule has 0 amide bonds. The van der Waals surface area contributed by atoms with Crippen LogP contribution >= 0.6 is 11.3 Å². The van der Waals surface area contributed by atoms with Gasteiger partial charge in [-0.2, -0.15) is 0 Å². The molecule has 1 unspecified atom stereocenters. The Morgan fingerprint density at radius 3 is 3.12 bits per heavy atom. The Kier molecular flexibility index (Phi) is 4.01. The van der Waals surface area contributed by atoms with Gasteiger partial charge in [0.05, 0.1) is 5.60 Å². The predicted molar refractivity (Wildman–Crippen MR) is 71.4 cm³/mol. The van der Waals surface area contributed by atoms with Crippen molar-refractivity contribution in [1.82, 2.24) is 9.88 Å². The van der Waals surface area contributed by atoms with Gasteiger partial charge in [-0.3, -0.25) is 4.90 Å². The largest absolute Gasteiger partial charge is 0.389 e. The standard InChI is InChI=1S/C12H21N3OS/c1-3-5-13-11-14-7-10(17-11)8-15-6-4-12(2,16)9-15/h7,16H,3-6,8-9H2,1-2H3,(H,13,14). The van der Waals surface area contributed by atoms with Crippen LogP contribution in [0.25, 0.3) is 0 Å². The Morgan fingerprint density at radius 2 is 2.47 bits per heavy atom. The molecule has 0 aliphatic carbocycles. The first-order chi connectivity index (χ1) is 8.09. The molecule has 2 rings (SSSR count). The number of β-amino-alcohol motifs (C(OH)–C–C–N with tert-alkyl or cyclic N) is 1. The quantitative estimate of drug-likeness (QED) is 0.844. The van der Waals surface area contributed by atoms with Gasteiger partial charge in [-0.15, -0.1) is 11.3 Å². The molecule has 1 aromatic rings. The molecule has 0 aromatic carbocycles. The lowest BCUT2D eigenvalue weighted by Crippen LogP contribution is -2.29. The highest BCUT2D eigenvalue weighted by Gasteiger charge is 2.31. The van der Waals surface area contributed by atoms with Crippen LogP contribution in [0.1, 0.15) is 31.6 Å². The molecule has 0 saturated carbocycles. The van der Waals surface area contributed by atoms with Crippen molar-refractivity contribution >= 4 is 16.5 Å². The molecule has 1 aromatic heterocycles. The number of anilines is 1. The first-order valence-electron chi connectivity index (χ1n) is 6.22. The Morgan fingerprint density at radius 1 is 1.65 bits per heavy atom. The summed E-state index contributed by atoms with van der Waals surface area (Å²) in [6.45, 7) is 7.68. The summed E-state index contributed by atoms with van der Waals surface area (Å²) in [6, 6.07) is 0. The SMILES string of the molecule is CCCNc1ncc(CN2CCC(C)(O)C2)s1. The van der Waals surface area contributed by atoms with Crippen LogP contribution in [-0.2, 0) is 6.54 Å². The average Bonchev–Trinajstić information content (AvgIpc) is 2.83. The third-order valence-electron chi connectivity index (χ3n) is 2.99. The first-order valence-corrected chi connectivity index (χ1v) is 7.04. The van der Waals surface area contributed by atoms with Gasteiger partial charge in [0.1, 0.15) is 0 Å². The molecule has 17 heavy (non-hydrogen) atoms. The van der Waals surface area contributed by atoms with Gasteiger partial charge in [0.2, 0.25) is 0 Å². The fraction of sp³-hybridized carbons (Fsp3) is 0.750. The van der Waals surface area contributed by atoms with E-state index in [2.05, 4.69) is 22.1 Å². The van der Waals surface area contributed by atoms with Crippen LogP contribution in [0.4, 0.5) is 5.13 Å².